The van der Waals surface area contributed by atoms with Crippen LogP contribution in [0, 0.1) is 5.92 Å². The number of aromatic nitrogens is 2. The minimum Gasteiger partial charge on any atom is -0.390 e. The Morgan fingerprint density at radius 2 is 2.18 bits per heavy atom. The van der Waals surface area contributed by atoms with Crippen molar-refractivity contribution in [1.29, 1.82) is 0 Å². The summed E-state index contributed by atoms with van der Waals surface area (Å²) >= 11 is 0. The van der Waals surface area contributed by atoms with E-state index in [4.69, 9.17) is 0 Å². The molecule has 0 bridgehead atoms. The Morgan fingerprint density at radius 3 is 2.77 bits per heavy atom. The van der Waals surface area contributed by atoms with Crippen molar-refractivity contribution in [1.82, 2.24) is 15.1 Å². The fourth-order valence-corrected chi connectivity index (χ4v) is 2.95. The Morgan fingerprint density at radius 1 is 1.45 bits per heavy atom. The number of nitrogens with one attached hydrogen (secondary N) is 2. The van der Waals surface area contributed by atoms with E-state index in [0.29, 0.717) is 24.7 Å². The first-order valence-corrected chi connectivity index (χ1v) is 8.20. The third-order valence-electron chi connectivity index (χ3n) is 4.30. The number of hydrogen-bond donors (Lipinski definition) is 3. The number of amides is 2. The quantitative estimate of drug-likeness (QED) is 0.724. The molecule has 6 heteroatoms. The van der Waals surface area contributed by atoms with Gasteiger partial charge in [0.2, 0.25) is 0 Å². The molecule has 3 N–H and O–H groups in total. The minimum absolute atomic E-state index is 0.237. The summed E-state index contributed by atoms with van der Waals surface area (Å²) in [5, 5.41) is 19.9. The third-order valence-corrected chi connectivity index (χ3v) is 4.30. The number of urea groups is 1. The van der Waals surface area contributed by atoms with Gasteiger partial charge in [-0.3, -0.25) is 5.32 Å². The lowest BCUT2D eigenvalue weighted by molar-refractivity contribution is -0.0388. The van der Waals surface area contributed by atoms with Crippen LogP contribution in [0.5, 0.6) is 0 Å². The van der Waals surface area contributed by atoms with Crippen LogP contribution in [0.25, 0.3) is 0 Å². The van der Waals surface area contributed by atoms with Crippen LogP contribution in [-0.4, -0.2) is 33.1 Å². The molecular weight excluding hydrogens is 280 g/mol. The predicted molar refractivity (Wildman–Crippen MR) is 86.8 cm³/mol. The summed E-state index contributed by atoms with van der Waals surface area (Å²) in [6, 6.07) is 1.79. The topological polar surface area (TPSA) is 79.2 Å². The SMILES string of the molecule is CC(C)C[C@H](C)n1nccc1NC(=O)NCCC1(O)CCC1. The number of hydrogen-bond acceptors (Lipinski definition) is 3. The molecule has 6 nitrogen and oxygen atoms in total. The summed E-state index contributed by atoms with van der Waals surface area (Å²) < 4.78 is 1.85. The van der Waals surface area contributed by atoms with Crippen molar-refractivity contribution >= 4 is 11.8 Å². The highest BCUT2D eigenvalue weighted by Crippen LogP contribution is 2.34. The van der Waals surface area contributed by atoms with Crippen molar-refractivity contribution in [2.75, 3.05) is 11.9 Å². The number of nitrogens with zero attached hydrogens (tertiary/aromatic N) is 2. The molecule has 2 rings (SSSR count). The maximum absolute atomic E-state index is 12.0. The molecule has 1 aliphatic carbocycles. The number of carbonyl (C=O) groups excluding carboxylic acids is 1. The van der Waals surface area contributed by atoms with Crippen molar-refractivity contribution in [3.8, 4) is 0 Å². The molecule has 1 heterocycles. The molecule has 22 heavy (non-hydrogen) atoms. The lowest BCUT2D eigenvalue weighted by Crippen LogP contribution is -2.41. The van der Waals surface area contributed by atoms with Gasteiger partial charge in [-0.15, -0.1) is 0 Å². The Balaban J connectivity index is 1.80. The second-order valence-electron chi connectivity index (χ2n) is 6.85. The normalized spacial score (nSPS) is 17.9. The van der Waals surface area contributed by atoms with Crippen LogP contribution in [0.4, 0.5) is 10.6 Å². The van der Waals surface area contributed by atoms with Gasteiger partial charge in [0, 0.05) is 12.6 Å². The Labute approximate surface area is 132 Å². The lowest BCUT2D eigenvalue weighted by atomic mass is 9.78. The molecule has 1 atom stereocenters. The molecular formula is C16H28N4O2. The van der Waals surface area contributed by atoms with E-state index in [0.717, 1.165) is 25.7 Å². The lowest BCUT2D eigenvalue weighted by Gasteiger charge is -2.36. The van der Waals surface area contributed by atoms with E-state index in [1.807, 2.05) is 4.68 Å². The molecule has 1 aromatic heterocycles. The van der Waals surface area contributed by atoms with E-state index >= 15 is 0 Å². The molecule has 0 aliphatic heterocycles. The van der Waals surface area contributed by atoms with E-state index in [1.54, 1.807) is 12.3 Å². The predicted octanol–water partition coefficient (Wildman–Crippen LogP) is 2.92. The monoisotopic (exact) mass is 308 g/mol. The van der Waals surface area contributed by atoms with Crippen molar-refractivity contribution < 1.29 is 9.90 Å². The molecule has 1 aromatic rings. The van der Waals surface area contributed by atoms with Gasteiger partial charge in [0.25, 0.3) is 0 Å². The molecule has 0 radical (unpaired) electrons. The Hall–Kier alpha value is -1.56. The van der Waals surface area contributed by atoms with Crippen LogP contribution >= 0.6 is 0 Å². The van der Waals surface area contributed by atoms with Crippen molar-refractivity contribution in [3.63, 3.8) is 0 Å². The van der Waals surface area contributed by atoms with E-state index in [-0.39, 0.29) is 12.1 Å². The first kappa shape index (κ1) is 16.8. The molecule has 0 spiro atoms. The van der Waals surface area contributed by atoms with Crippen molar-refractivity contribution in [2.24, 2.45) is 5.92 Å². The zero-order chi connectivity index (χ0) is 16.2. The number of aliphatic hydroxyl groups is 1. The molecule has 0 unspecified atom stereocenters. The van der Waals surface area contributed by atoms with Crippen molar-refractivity contribution in [2.45, 2.75) is 64.5 Å². The first-order chi connectivity index (χ1) is 10.4. The second kappa shape index (κ2) is 7.13. The summed E-state index contributed by atoms with van der Waals surface area (Å²) in [5.41, 5.74) is -0.555. The first-order valence-electron chi connectivity index (χ1n) is 8.20. The zero-order valence-corrected chi connectivity index (χ0v) is 13.8. The largest absolute Gasteiger partial charge is 0.390 e. The average Bonchev–Trinajstić information content (AvgIpc) is 2.84. The van der Waals surface area contributed by atoms with Crippen LogP contribution in [0.1, 0.15) is 58.9 Å². The maximum Gasteiger partial charge on any atom is 0.320 e. The summed E-state index contributed by atoms with van der Waals surface area (Å²) in [6.45, 7) is 6.93. The third kappa shape index (κ3) is 4.47. The molecule has 0 aromatic carbocycles. The fraction of sp³-hybridized carbons (Fsp3) is 0.750. The molecule has 1 saturated carbocycles. The number of rotatable bonds is 7. The van der Waals surface area contributed by atoms with Crippen LogP contribution in [0.3, 0.4) is 0 Å². The van der Waals surface area contributed by atoms with E-state index in [9.17, 15) is 9.90 Å². The van der Waals surface area contributed by atoms with Gasteiger partial charge < -0.3 is 10.4 Å². The van der Waals surface area contributed by atoms with Crippen LogP contribution in [-0.2, 0) is 0 Å². The van der Waals surface area contributed by atoms with E-state index in [2.05, 4.69) is 36.5 Å². The van der Waals surface area contributed by atoms with Crippen LogP contribution < -0.4 is 10.6 Å². The highest BCUT2D eigenvalue weighted by Gasteiger charge is 2.33. The van der Waals surface area contributed by atoms with Gasteiger partial charge in [-0.1, -0.05) is 13.8 Å². The van der Waals surface area contributed by atoms with Gasteiger partial charge in [0.1, 0.15) is 5.82 Å². The highest BCUT2D eigenvalue weighted by atomic mass is 16.3. The smallest absolute Gasteiger partial charge is 0.320 e. The van der Waals surface area contributed by atoms with Gasteiger partial charge in [-0.25, -0.2) is 9.48 Å². The molecule has 124 valence electrons. The summed E-state index contributed by atoms with van der Waals surface area (Å²) in [7, 11) is 0. The van der Waals surface area contributed by atoms with Gasteiger partial charge in [-0.05, 0) is 44.9 Å². The number of anilines is 1. The standard InChI is InChI=1S/C16H28N4O2/c1-12(2)11-13(3)20-14(5-9-18-20)19-15(21)17-10-8-16(22)6-4-7-16/h5,9,12-13,22H,4,6-8,10-11H2,1-3H3,(H2,17,19,21)/t13-/m0/s1. The van der Waals surface area contributed by atoms with Gasteiger partial charge in [0.05, 0.1) is 17.8 Å². The maximum atomic E-state index is 12.0. The van der Waals surface area contributed by atoms with Crippen molar-refractivity contribution in [3.05, 3.63) is 12.3 Å². The highest BCUT2D eigenvalue weighted by molar-refractivity contribution is 5.88. The second-order valence-corrected chi connectivity index (χ2v) is 6.85. The van der Waals surface area contributed by atoms with Crippen LogP contribution in [0.2, 0.25) is 0 Å². The van der Waals surface area contributed by atoms with Gasteiger partial charge >= 0.3 is 6.03 Å². The average molecular weight is 308 g/mol. The summed E-state index contributed by atoms with van der Waals surface area (Å²) in [4.78, 5) is 12.0. The zero-order valence-electron chi connectivity index (χ0n) is 13.8. The minimum atomic E-state index is -0.555. The van der Waals surface area contributed by atoms with Gasteiger partial charge in [-0.2, -0.15) is 5.10 Å². The van der Waals surface area contributed by atoms with E-state index < -0.39 is 5.60 Å². The number of carbonyl (C=O) groups is 1. The Bertz CT molecular complexity index is 494. The summed E-state index contributed by atoms with van der Waals surface area (Å²) in [5.74, 6) is 1.28. The molecule has 0 saturated heterocycles. The molecule has 1 fully saturated rings. The summed E-state index contributed by atoms with van der Waals surface area (Å²) in [6.07, 6.45) is 6.08. The molecule has 1 aliphatic rings. The van der Waals surface area contributed by atoms with Crippen LogP contribution in [0.15, 0.2) is 12.3 Å². The van der Waals surface area contributed by atoms with Gasteiger partial charge in [0.15, 0.2) is 0 Å². The fourth-order valence-electron chi connectivity index (χ4n) is 2.95. The Kier molecular flexibility index (Phi) is 5.45. The molecule has 2 amide bonds. The van der Waals surface area contributed by atoms with E-state index in [1.165, 1.54) is 0 Å².